The second-order valence-electron chi connectivity index (χ2n) is 3.35. The Kier molecular flexibility index (Phi) is 3.17. The van der Waals surface area contributed by atoms with E-state index in [-0.39, 0.29) is 0 Å². The molecule has 0 N–H and O–H groups in total. The maximum absolute atomic E-state index is 5.05. The molecule has 0 aromatic rings. The molecule has 2 aliphatic rings. The van der Waals surface area contributed by atoms with Crippen molar-refractivity contribution in [1.29, 1.82) is 0 Å². The molecule has 14 heavy (non-hydrogen) atoms. The van der Waals surface area contributed by atoms with Crippen molar-refractivity contribution in [3.8, 4) is 10.4 Å². The van der Waals surface area contributed by atoms with Crippen molar-refractivity contribution in [2.24, 2.45) is 0 Å². The predicted octanol–water partition coefficient (Wildman–Crippen LogP) is 3.43. The van der Waals surface area contributed by atoms with Crippen molar-refractivity contribution in [3.05, 3.63) is 35.2 Å². The van der Waals surface area contributed by atoms with E-state index in [2.05, 4.69) is 29.6 Å². The van der Waals surface area contributed by atoms with Gasteiger partial charge in [-0.2, -0.15) is 0 Å². The highest BCUT2D eigenvalue weighted by Gasteiger charge is 2.07. The van der Waals surface area contributed by atoms with Crippen LogP contribution in [0.3, 0.4) is 0 Å². The van der Waals surface area contributed by atoms with Gasteiger partial charge in [0.05, 0.1) is 0 Å². The monoisotopic (exact) mass is 206 g/mol. The van der Waals surface area contributed by atoms with E-state index in [0.29, 0.717) is 0 Å². The molecule has 1 aliphatic carbocycles. The maximum Gasteiger partial charge on any atom is 0.0465 e. The van der Waals surface area contributed by atoms with Crippen LogP contribution >= 0.6 is 11.3 Å². The molecule has 0 bridgehead atoms. The van der Waals surface area contributed by atoms with Crippen LogP contribution in [0.1, 0.15) is 12.0 Å². The Morgan fingerprint density at radius 2 is 2.21 bits per heavy atom. The molecule has 1 aliphatic heterocycles. The van der Waals surface area contributed by atoms with E-state index < -0.39 is 0 Å². The summed E-state index contributed by atoms with van der Waals surface area (Å²) in [5.74, 6) is 0. The second kappa shape index (κ2) is 4.58. The highest BCUT2D eigenvalue weighted by atomic mass is 32.1. The van der Waals surface area contributed by atoms with E-state index in [1.165, 1.54) is 16.0 Å². The average molecular weight is 206 g/mol. The van der Waals surface area contributed by atoms with Crippen molar-refractivity contribution in [3.63, 3.8) is 0 Å². The molecule has 0 aromatic heterocycles. The molecular formula is C12H14OS. The van der Waals surface area contributed by atoms with Crippen molar-refractivity contribution in [2.45, 2.75) is 12.8 Å². The van der Waals surface area contributed by atoms with Gasteiger partial charge in [0, 0.05) is 18.6 Å². The Morgan fingerprint density at radius 1 is 1.29 bits per heavy atom. The molecule has 0 fully saturated rings. The maximum atomic E-state index is 5.05. The van der Waals surface area contributed by atoms with Gasteiger partial charge in [-0.15, -0.1) is 11.3 Å². The van der Waals surface area contributed by atoms with E-state index in [4.69, 9.17) is 4.74 Å². The summed E-state index contributed by atoms with van der Waals surface area (Å²) < 4.78 is 5.05. The third kappa shape index (κ3) is 1.97. The highest BCUT2D eigenvalue weighted by molar-refractivity contribution is 7.13. The lowest BCUT2D eigenvalue weighted by Crippen LogP contribution is -1.92. The fraction of sp³-hybridized carbons (Fsp3) is 0.333. The number of aryl methyl sites for hydroxylation is 1. The summed E-state index contributed by atoms with van der Waals surface area (Å²) >= 11 is 1.81. The van der Waals surface area contributed by atoms with Crippen LogP contribution in [-0.2, 0) is 11.2 Å². The number of methoxy groups -OCH3 is 1. The van der Waals surface area contributed by atoms with Gasteiger partial charge in [-0.1, -0.05) is 18.2 Å². The first-order valence-electron chi connectivity index (χ1n) is 4.86. The molecule has 0 saturated carbocycles. The first kappa shape index (κ1) is 9.69. The molecule has 1 nitrogen and oxygen atoms in total. The molecule has 2 heteroatoms. The fourth-order valence-electron chi connectivity index (χ4n) is 1.68. The number of hydrogen-bond acceptors (Lipinski definition) is 2. The van der Waals surface area contributed by atoms with Gasteiger partial charge in [0.2, 0.25) is 0 Å². The van der Waals surface area contributed by atoms with Crippen LogP contribution in [-0.4, -0.2) is 13.7 Å². The molecular weight excluding hydrogens is 192 g/mol. The predicted molar refractivity (Wildman–Crippen MR) is 61.1 cm³/mol. The van der Waals surface area contributed by atoms with Crippen LogP contribution < -0.4 is 0 Å². The Morgan fingerprint density at radius 3 is 3.07 bits per heavy atom. The first-order valence-corrected chi connectivity index (χ1v) is 5.74. The summed E-state index contributed by atoms with van der Waals surface area (Å²) in [7, 11) is 1.76. The van der Waals surface area contributed by atoms with Crippen LogP contribution in [0.4, 0.5) is 0 Å². The SMILES string of the molecule is COCCCc1ccc2scccc1-2. The molecule has 0 saturated heterocycles. The zero-order valence-electron chi connectivity index (χ0n) is 8.32. The minimum absolute atomic E-state index is 0.850. The topological polar surface area (TPSA) is 9.23 Å². The molecule has 1 heterocycles. The highest BCUT2D eigenvalue weighted by Crippen LogP contribution is 2.31. The molecule has 0 atom stereocenters. The third-order valence-corrected chi connectivity index (χ3v) is 3.28. The van der Waals surface area contributed by atoms with Crippen molar-refractivity contribution >= 4 is 11.3 Å². The number of hydrogen-bond donors (Lipinski definition) is 0. The normalized spacial score (nSPS) is 10.9. The largest absolute Gasteiger partial charge is 0.385 e. The molecule has 0 spiro atoms. The second-order valence-corrected chi connectivity index (χ2v) is 4.29. The molecule has 0 unspecified atom stereocenters. The zero-order valence-corrected chi connectivity index (χ0v) is 9.14. The van der Waals surface area contributed by atoms with Gasteiger partial charge in [-0.05, 0) is 35.4 Å². The molecule has 0 radical (unpaired) electrons. The smallest absolute Gasteiger partial charge is 0.0465 e. The third-order valence-electron chi connectivity index (χ3n) is 2.38. The lowest BCUT2D eigenvalue weighted by molar-refractivity contribution is 0.195. The Hall–Kier alpha value is -0.860. The fourth-order valence-corrected chi connectivity index (χ4v) is 2.46. The van der Waals surface area contributed by atoms with Gasteiger partial charge in [-0.3, -0.25) is 0 Å². The molecule has 0 aromatic carbocycles. The minimum Gasteiger partial charge on any atom is -0.385 e. The van der Waals surface area contributed by atoms with E-state index in [0.717, 1.165) is 19.4 Å². The molecule has 74 valence electrons. The van der Waals surface area contributed by atoms with Crippen molar-refractivity contribution in [2.75, 3.05) is 13.7 Å². The van der Waals surface area contributed by atoms with Gasteiger partial charge in [0.15, 0.2) is 0 Å². The summed E-state index contributed by atoms with van der Waals surface area (Å²) in [6, 6.07) is 8.76. The number of rotatable bonds is 4. The van der Waals surface area contributed by atoms with E-state index in [1.54, 1.807) is 18.4 Å². The van der Waals surface area contributed by atoms with Crippen LogP contribution in [0.5, 0.6) is 0 Å². The Labute approximate surface area is 88.7 Å². The van der Waals surface area contributed by atoms with Crippen LogP contribution in [0.15, 0.2) is 29.6 Å². The molecule has 0 amide bonds. The quantitative estimate of drug-likeness (QED) is 0.696. The minimum atomic E-state index is 0.850. The summed E-state index contributed by atoms with van der Waals surface area (Å²) in [6.45, 7) is 0.850. The Balaban J connectivity index is 2.11. The van der Waals surface area contributed by atoms with Crippen molar-refractivity contribution in [1.82, 2.24) is 0 Å². The van der Waals surface area contributed by atoms with Gasteiger partial charge in [-0.25, -0.2) is 0 Å². The summed E-state index contributed by atoms with van der Waals surface area (Å²) in [5.41, 5.74) is 2.86. The average Bonchev–Trinajstić information content (AvgIpc) is 2.63. The summed E-state index contributed by atoms with van der Waals surface area (Å²) in [5, 5.41) is 2.13. The van der Waals surface area contributed by atoms with Gasteiger partial charge >= 0.3 is 0 Å². The van der Waals surface area contributed by atoms with Crippen LogP contribution in [0.25, 0.3) is 10.4 Å². The summed E-state index contributed by atoms with van der Waals surface area (Å²) in [6.07, 6.45) is 2.23. The first-order chi connectivity index (χ1) is 6.92. The van der Waals surface area contributed by atoms with E-state index in [9.17, 15) is 0 Å². The van der Waals surface area contributed by atoms with E-state index in [1.807, 2.05) is 0 Å². The zero-order chi connectivity index (χ0) is 9.80. The number of ether oxygens (including phenoxy) is 1. The standard InChI is InChI=1S/C12H14OS/c1-13-8-2-4-10-6-7-12-11(10)5-3-9-14-12/h3,5-7,9H,2,4,8H2,1H3. The van der Waals surface area contributed by atoms with Crippen LogP contribution in [0.2, 0.25) is 0 Å². The van der Waals surface area contributed by atoms with Gasteiger partial charge in [0.1, 0.15) is 0 Å². The van der Waals surface area contributed by atoms with E-state index >= 15 is 0 Å². The van der Waals surface area contributed by atoms with Crippen molar-refractivity contribution < 1.29 is 4.74 Å². The Bertz CT molecular complexity index is 367. The summed E-state index contributed by atoms with van der Waals surface area (Å²) in [4.78, 5) is 1.39. The molecule has 2 rings (SSSR count). The lowest BCUT2D eigenvalue weighted by atomic mass is 10.1. The number of fused-ring (bicyclic) bond motifs is 1. The van der Waals surface area contributed by atoms with Crippen LogP contribution in [0, 0.1) is 0 Å². The van der Waals surface area contributed by atoms with Gasteiger partial charge in [0.25, 0.3) is 0 Å². The van der Waals surface area contributed by atoms with Gasteiger partial charge < -0.3 is 4.74 Å². The lowest BCUT2D eigenvalue weighted by Gasteiger charge is -2.02.